The molecule has 146 valence electrons. The van der Waals surface area contributed by atoms with Crippen LogP contribution in [-0.2, 0) is 24.2 Å². The van der Waals surface area contributed by atoms with E-state index in [0.29, 0.717) is 18.7 Å². The van der Waals surface area contributed by atoms with Crippen LogP contribution >= 0.6 is 0 Å². The Kier molecular flexibility index (Phi) is 5.23. The Labute approximate surface area is 164 Å². The summed E-state index contributed by atoms with van der Waals surface area (Å²) in [4.78, 5) is 16.9. The molecule has 0 bridgehead atoms. The third-order valence-electron chi connectivity index (χ3n) is 5.13. The van der Waals surface area contributed by atoms with E-state index in [1.165, 1.54) is 6.42 Å². The van der Waals surface area contributed by atoms with Gasteiger partial charge in [0.2, 0.25) is 0 Å². The molecule has 1 aliphatic rings. The molecule has 28 heavy (non-hydrogen) atoms. The molecular formula is C21H25N5O2. The summed E-state index contributed by atoms with van der Waals surface area (Å²) in [6.45, 7) is 5.59. The van der Waals surface area contributed by atoms with Crippen molar-refractivity contribution in [3.63, 3.8) is 0 Å². The van der Waals surface area contributed by atoms with Gasteiger partial charge in [0.05, 0.1) is 24.4 Å². The Hall–Kier alpha value is -2.96. The van der Waals surface area contributed by atoms with Crippen LogP contribution in [0.4, 0.5) is 5.69 Å². The van der Waals surface area contributed by atoms with Crippen molar-refractivity contribution < 1.29 is 9.53 Å². The molecule has 0 spiro atoms. The van der Waals surface area contributed by atoms with Gasteiger partial charge in [-0.1, -0.05) is 18.1 Å². The second-order valence-electron chi connectivity index (χ2n) is 7.14. The number of carbonyl (C=O) groups is 1. The Morgan fingerprint density at radius 2 is 2.14 bits per heavy atom. The van der Waals surface area contributed by atoms with Crippen LogP contribution in [0.5, 0.6) is 0 Å². The van der Waals surface area contributed by atoms with E-state index in [9.17, 15) is 4.79 Å². The summed E-state index contributed by atoms with van der Waals surface area (Å²) in [5, 5.41) is 13.1. The van der Waals surface area contributed by atoms with Crippen LogP contribution in [0.1, 0.15) is 53.8 Å². The average Bonchev–Trinajstić information content (AvgIpc) is 2.92. The van der Waals surface area contributed by atoms with Gasteiger partial charge in [-0.25, -0.2) is 4.79 Å². The van der Waals surface area contributed by atoms with Crippen LogP contribution in [0.3, 0.4) is 0 Å². The highest BCUT2D eigenvalue weighted by molar-refractivity contribution is 6.05. The average molecular weight is 379 g/mol. The normalized spacial score (nSPS) is 13.8. The number of pyridine rings is 1. The SMILES string of the molecule is CCOC(=O)c1cnc2ccc(C)cc2c1NCc1nnc2n1CCCCC2. The number of ether oxygens (including phenoxy) is 1. The van der Waals surface area contributed by atoms with Gasteiger partial charge < -0.3 is 14.6 Å². The molecule has 4 rings (SSSR count). The first-order valence-electron chi connectivity index (χ1n) is 9.88. The third-order valence-corrected chi connectivity index (χ3v) is 5.13. The van der Waals surface area contributed by atoms with E-state index < -0.39 is 0 Å². The number of aromatic nitrogens is 4. The largest absolute Gasteiger partial charge is 0.462 e. The summed E-state index contributed by atoms with van der Waals surface area (Å²) in [6.07, 6.45) is 6.08. The quantitative estimate of drug-likeness (QED) is 0.682. The van der Waals surface area contributed by atoms with E-state index >= 15 is 0 Å². The van der Waals surface area contributed by atoms with Gasteiger partial charge in [-0.05, 0) is 38.8 Å². The van der Waals surface area contributed by atoms with Gasteiger partial charge in [0.15, 0.2) is 5.82 Å². The van der Waals surface area contributed by atoms with E-state index in [1.807, 2.05) is 25.1 Å². The molecule has 0 amide bonds. The van der Waals surface area contributed by atoms with Crippen molar-refractivity contribution in [2.24, 2.45) is 0 Å². The number of anilines is 1. The molecular weight excluding hydrogens is 354 g/mol. The fraction of sp³-hybridized carbons (Fsp3) is 0.429. The number of carbonyl (C=O) groups excluding carboxylic acids is 1. The second-order valence-corrected chi connectivity index (χ2v) is 7.14. The van der Waals surface area contributed by atoms with E-state index in [0.717, 1.165) is 59.6 Å². The zero-order valence-electron chi connectivity index (χ0n) is 16.4. The van der Waals surface area contributed by atoms with Crippen molar-refractivity contribution in [2.45, 2.75) is 52.6 Å². The summed E-state index contributed by atoms with van der Waals surface area (Å²) < 4.78 is 7.45. The van der Waals surface area contributed by atoms with Crippen molar-refractivity contribution in [1.29, 1.82) is 0 Å². The number of hydrogen-bond acceptors (Lipinski definition) is 6. The van der Waals surface area contributed by atoms with Crippen molar-refractivity contribution >= 4 is 22.6 Å². The van der Waals surface area contributed by atoms with Gasteiger partial charge in [0, 0.05) is 24.5 Å². The zero-order chi connectivity index (χ0) is 19.5. The number of benzene rings is 1. The highest BCUT2D eigenvalue weighted by Crippen LogP contribution is 2.28. The van der Waals surface area contributed by atoms with Crippen LogP contribution in [0.25, 0.3) is 10.9 Å². The van der Waals surface area contributed by atoms with E-state index in [-0.39, 0.29) is 5.97 Å². The lowest BCUT2D eigenvalue weighted by Crippen LogP contribution is -2.14. The molecule has 3 heterocycles. The molecule has 0 saturated carbocycles. The lowest BCUT2D eigenvalue weighted by Gasteiger charge is -2.15. The molecule has 0 radical (unpaired) electrons. The third kappa shape index (κ3) is 3.56. The molecule has 1 N–H and O–H groups in total. The number of rotatable bonds is 5. The minimum absolute atomic E-state index is 0.321. The van der Waals surface area contributed by atoms with Crippen molar-refractivity contribution in [1.82, 2.24) is 19.7 Å². The van der Waals surface area contributed by atoms with Crippen LogP contribution < -0.4 is 5.32 Å². The molecule has 1 aromatic carbocycles. The zero-order valence-corrected chi connectivity index (χ0v) is 16.4. The predicted octanol–water partition coefficient (Wildman–Crippen LogP) is 3.65. The maximum Gasteiger partial charge on any atom is 0.341 e. The number of hydrogen-bond donors (Lipinski definition) is 1. The first kappa shape index (κ1) is 18.4. The maximum atomic E-state index is 12.5. The van der Waals surface area contributed by atoms with Crippen LogP contribution in [0.2, 0.25) is 0 Å². The highest BCUT2D eigenvalue weighted by atomic mass is 16.5. The molecule has 0 aliphatic carbocycles. The van der Waals surface area contributed by atoms with Crippen LogP contribution in [-0.4, -0.2) is 32.3 Å². The Balaban J connectivity index is 1.70. The molecule has 3 aromatic rings. The molecule has 7 heteroatoms. The fourth-order valence-corrected chi connectivity index (χ4v) is 3.70. The number of esters is 1. The van der Waals surface area contributed by atoms with Gasteiger partial charge in [-0.15, -0.1) is 10.2 Å². The summed E-state index contributed by atoms with van der Waals surface area (Å²) in [7, 11) is 0. The van der Waals surface area contributed by atoms with E-state index in [1.54, 1.807) is 13.1 Å². The molecule has 0 fully saturated rings. The standard InChI is InChI=1S/C21H25N5O2/c1-3-28-21(27)16-12-22-17-9-8-14(2)11-15(17)20(16)23-13-19-25-24-18-7-5-4-6-10-26(18)19/h8-9,11-12H,3-7,10,13H2,1-2H3,(H,22,23). The lowest BCUT2D eigenvalue weighted by atomic mass is 10.1. The first-order valence-corrected chi connectivity index (χ1v) is 9.88. The van der Waals surface area contributed by atoms with Crippen LogP contribution in [0, 0.1) is 6.92 Å². The smallest absolute Gasteiger partial charge is 0.341 e. The summed E-state index contributed by atoms with van der Waals surface area (Å²) in [6, 6.07) is 6.02. The topological polar surface area (TPSA) is 81.9 Å². The lowest BCUT2D eigenvalue weighted by molar-refractivity contribution is 0.0527. The molecule has 0 atom stereocenters. The van der Waals surface area contributed by atoms with Gasteiger partial charge in [0.25, 0.3) is 0 Å². The molecule has 0 saturated heterocycles. The monoisotopic (exact) mass is 379 g/mol. The van der Waals surface area contributed by atoms with Gasteiger partial charge in [-0.2, -0.15) is 0 Å². The second kappa shape index (κ2) is 7.96. The molecule has 0 unspecified atom stereocenters. The Bertz CT molecular complexity index is 1010. The first-order chi connectivity index (χ1) is 13.7. The minimum Gasteiger partial charge on any atom is -0.462 e. The molecule has 2 aromatic heterocycles. The Morgan fingerprint density at radius 3 is 3.00 bits per heavy atom. The van der Waals surface area contributed by atoms with Gasteiger partial charge in [-0.3, -0.25) is 4.98 Å². The molecule has 1 aliphatic heterocycles. The number of nitrogens with one attached hydrogen (secondary N) is 1. The van der Waals surface area contributed by atoms with E-state index in [2.05, 4.69) is 25.1 Å². The molecule has 7 nitrogen and oxygen atoms in total. The highest BCUT2D eigenvalue weighted by Gasteiger charge is 2.19. The predicted molar refractivity (Wildman–Crippen MR) is 107 cm³/mol. The number of aryl methyl sites for hydroxylation is 2. The van der Waals surface area contributed by atoms with Crippen LogP contribution in [0.15, 0.2) is 24.4 Å². The maximum absolute atomic E-state index is 12.5. The minimum atomic E-state index is -0.374. The number of fused-ring (bicyclic) bond motifs is 2. The van der Waals surface area contributed by atoms with Crippen molar-refractivity contribution in [2.75, 3.05) is 11.9 Å². The van der Waals surface area contributed by atoms with Gasteiger partial charge >= 0.3 is 5.97 Å². The fourth-order valence-electron chi connectivity index (χ4n) is 3.70. The van der Waals surface area contributed by atoms with E-state index in [4.69, 9.17) is 4.74 Å². The van der Waals surface area contributed by atoms with Gasteiger partial charge in [0.1, 0.15) is 11.4 Å². The Morgan fingerprint density at radius 1 is 1.25 bits per heavy atom. The van der Waals surface area contributed by atoms with Crippen molar-refractivity contribution in [3.8, 4) is 0 Å². The summed E-state index contributed by atoms with van der Waals surface area (Å²) in [5.41, 5.74) is 3.12. The summed E-state index contributed by atoms with van der Waals surface area (Å²) >= 11 is 0. The number of nitrogens with zero attached hydrogens (tertiary/aromatic N) is 4. The summed E-state index contributed by atoms with van der Waals surface area (Å²) in [5.74, 6) is 1.57. The van der Waals surface area contributed by atoms with Crippen molar-refractivity contribution in [3.05, 3.63) is 47.2 Å².